The smallest absolute Gasteiger partial charge is 0.322 e. The second kappa shape index (κ2) is 6.49. The Kier molecular flexibility index (Phi) is 4.77. The zero-order valence-electron chi connectivity index (χ0n) is 13.0. The molecule has 25 heavy (non-hydrogen) atoms. The molecule has 1 N–H and O–H groups in total. The van der Waals surface area contributed by atoms with Gasteiger partial charge in [-0.15, -0.1) is 0 Å². The Morgan fingerprint density at radius 1 is 1.36 bits per heavy atom. The molecule has 1 aromatic heterocycles. The minimum atomic E-state index is -4.69. The predicted molar refractivity (Wildman–Crippen MR) is 78.4 cm³/mol. The second-order valence-electron chi connectivity index (χ2n) is 5.17. The van der Waals surface area contributed by atoms with E-state index in [1.165, 1.54) is 13.8 Å². The molecule has 7 nitrogen and oxygen atoms in total. The topological polar surface area (TPSA) is 90.1 Å². The fourth-order valence-electron chi connectivity index (χ4n) is 2.23. The van der Waals surface area contributed by atoms with Crippen molar-refractivity contribution in [2.24, 2.45) is 0 Å². The Morgan fingerprint density at radius 2 is 2.00 bits per heavy atom. The Bertz CT molecular complexity index is 845. The summed E-state index contributed by atoms with van der Waals surface area (Å²) in [6.45, 7) is 2.23. The quantitative estimate of drug-likeness (QED) is 0.515. The summed E-state index contributed by atoms with van der Waals surface area (Å²) < 4.78 is 52.6. The number of aromatic nitrogens is 2. The van der Waals surface area contributed by atoms with E-state index in [9.17, 15) is 32.5 Å². The van der Waals surface area contributed by atoms with Crippen LogP contribution in [0.1, 0.15) is 17.0 Å². The van der Waals surface area contributed by atoms with Crippen molar-refractivity contribution in [3.05, 3.63) is 51.1 Å². The fourth-order valence-corrected chi connectivity index (χ4v) is 2.23. The summed E-state index contributed by atoms with van der Waals surface area (Å²) in [6.07, 6.45) is -4.69. The maximum absolute atomic E-state index is 13.6. The Morgan fingerprint density at radius 3 is 2.52 bits per heavy atom. The summed E-state index contributed by atoms with van der Waals surface area (Å²) in [5, 5.41) is 16.7. The van der Waals surface area contributed by atoms with E-state index in [0.29, 0.717) is 18.2 Å². The number of carbonyl (C=O) groups excluding carboxylic acids is 1. The monoisotopic (exact) mass is 360 g/mol. The number of amides is 1. The standard InChI is InChI=1S/C14H12F4N4O3/c1-7-13(22(24)25)8(2)21(20-7)6-12(23)19-11-5-9(14(16,17)18)3-4-10(11)15/h3-5H,6H2,1-2H3,(H,19,23). The van der Waals surface area contributed by atoms with E-state index in [-0.39, 0.29) is 17.1 Å². The van der Waals surface area contributed by atoms with Gasteiger partial charge in [0.15, 0.2) is 0 Å². The number of rotatable bonds is 4. The van der Waals surface area contributed by atoms with E-state index in [1.807, 2.05) is 5.32 Å². The third-order valence-corrected chi connectivity index (χ3v) is 3.39. The van der Waals surface area contributed by atoms with Gasteiger partial charge in [-0.3, -0.25) is 19.6 Å². The van der Waals surface area contributed by atoms with E-state index in [0.717, 1.165) is 4.68 Å². The lowest BCUT2D eigenvalue weighted by Gasteiger charge is -2.11. The third-order valence-electron chi connectivity index (χ3n) is 3.39. The van der Waals surface area contributed by atoms with E-state index >= 15 is 0 Å². The molecule has 0 aliphatic rings. The highest BCUT2D eigenvalue weighted by atomic mass is 19.4. The molecule has 0 spiro atoms. The lowest BCUT2D eigenvalue weighted by Crippen LogP contribution is -2.21. The van der Waals surface area contributed by atoms with E-state index < -0.39 is 40.6 Å². The largest absolute Gasteiger partial charge is 0.416 e. The number of nitro groups is 1. The zero-order valence-corrected chi connectivity index (χ0v) is 13.0. The van der Waals surface area contributed by atoms with Crippen molar-refractivity contribution < 1.29 is 27.3 Å². The first-order valence-corrected chi connectivity index (χ1v) is 6.85. The molecule has 0 atom stereocenters. The maximum Gasteiger partial charge on any atom is 0.416 e. The lowest BCUT2D eigenvalue weighted by molar-refractivity contribution is -0.386. The summed E-state index contributed by atoms with van der Waals surface area (Å²) in [7, 11) is 0. The normalized spacial score (nSPS) is 11.4. The van der Waals surface area contributed by atoms with Crippen LogP contribution in [0.3, 0.4) is 0 Å². The van der Waals surface area contributed by atoms with Crippen LogP contribution in [0.5, 0.6) is 0 Å². The van der Waals surface area contributed by atoms with E-state index in [4.69, 9.17) is 0 Å². The molecule has 134 valence electrons. The van der Waals surface area contributed by atoms with Crippen molar-refractivity contribution in [1.82, 2.24) is 9.78 Å². The number of hydrogen-bond acceptors (Lipinski definition) is 4. The molecule has 1 amide bonds. The number of nitrogens with one attached hydrogen (secondary N) is 1. The number of hydrogen-bond donors (Lipinski definition) is 1. The number of alkyl halides is 3. The molecular weight excluding hydrogens is 348 g/mol. The van der Waals surface area contributed by atoms with Gasteiger partial charge < -0.3 is 5.32 Å². The van der Waals surface area contributed by atoms with Crippen LogP contribution in [0, 0.1) is 29.8 Å². The molecular formula is C14H12F4N4O3. The average molecular weight is 360 g/mol. The number of anilines is 1. The molecule has 0 fully saturated rings. The molecule has 0 radical (unpaired) electrons. The number of aryl methyl sites for hydroxylation is 1. The summed E-state index contributed by atoms with van der Waals surface area (Å²) in [6, 6.07) is 1.61. The first-order valence-electron chi connectivity index (χ1n) is 6.85. The third kappa shape index (κ3) is 3.92. The summed E-state index contributed by atoms with van der Waals surface area (Å²) in [5.41, 5.74) is -1.84. The molecule has 2 rings (SSSR count). The van der Waals surface area contributed by atoms with Crippen molar-refractivity contribution in [3.63, 3.8) is 0 Å². The Labute approximate surface area is 138 Å². The van der Waals surface area contributed by atoms with Gasteiger partial charge in [0.2, 0.25) is 5.91 Å². The van der Waals surface area contributed by atoms with Crippen LogP contribution in [0.4, 0.5) is 28.9 Å². The van der Waals surface area contributed by atoms with Gasteiger partial charge in [0.1, 0.15) is 23.7 Å². The number of carbonyl (C=O) groups is 1. The molecule has 0 saturated carbocycles. The van der Waals surface area contributed by atoms with Crippen molar-refractivity contribution in [1.29, 1.82) is 0 Å². The Hall–Kier alpha value is -2.98. The fraction of sp³-hybridized carbons (Fsp3) is 0.286. The van der Waals surface area contributed by atoms with Crippen LogP contribution in [-0.2, 0) is 17.5 Å². The minimum Gasteiger partial charge on any atom is -0.322 e. The van der Waals surface area contributed by atoms with Gasteiger partial charge in [0.25, 0.3) is 0 Å². The molecule has 0 unspecified atom stereocenters. The summed E-state index contributed by atoms with van der Waals surface area (Å²) in [4.78, 5) is 22.2. The van der Waals surface area contributed by atoms with Gasteiger partial charge in [-0.1, -0.05) is 0 Å². The van der Waals surface area contributed by atoms with Crippen molar-refractivity contribution in [3.8, 4) is 0 Å². The molecule has 2 aromatic rings. The first-order chi connectivity index (χ1) is 11.5. The van der Waals surface area contributed by atoms with Crippen LogP contribution in [0.15, 0.2) is 18.2 Å². The zero-order chi connectivity index (χ0) is 18.9. The van der Waals surface area contributed by atoms with Crippen LogP contribution < -0.4 is 5.32 Å². The van der Waals surface area contributed by atoms with Crippen LogP contribution in [-0.4, -0.2) is 20.6 Å². The predicted octanol–water partition coefficient (Wildman–Crippen LogP) is 3.20. The lowest BCUT2D eigenvalue weighted by atomic mass is 10.2. The van der Waals surface area contributed by atoms with Crippen molar-refractivity contribution in [2.75, 3.05) is 5.32 Å². The van der Waals surface area contributed by atoms with Crippen molar-refractivity contribution in [2.45, 2.75) is 26.6 Å². The molecule has 11 heteroatoms. The highest BCUT2D eigenvalue weighted by Crippen LogP contribution is 2.31. The molecule has 0 saturated heterocycles. The van der Waals surface area contributed by atoms with Gasteiger partial charge in [-0.25, -0.2) is 4.39 Å². The molecule has 0 bridgehead atoms. The van der Waals surface area contributed by atoms with Gasteiger partial charge in [-0.05, 0) is 32.0 Å². The van der Waals surface area contributed by atoms with Gasteiger partial charge in [-0.2, -0.15) is 18.3 Å². The Balaban J connectivity index is 2.22. The molecule has 1 heterocycles. The first kappa shape index (κ1) is 18.4. The minimum absolute atomic E-state index is 0.0838. The van der Waals surface area contributed by atoms with Gasteiger partial charge in [0.05, 0.1) is 16.2 Å². The molecule has 0 aliphatic heterocycles. The maximum atomic E-state index is 13.6. The van der Waals surface area contributed by atoms with Gasteiger partial charge in [0, 0.05) is 0 Å². The van der Waals surface area contributed by atoms with Crippen LogP contribution >= 0.6 is 0 Å². The average Bonchev–Trinajstić information content (AvgIpc) is 2.74. The number of benzene rings is 1. The second-order valence-corrected chi connectivity index (χ2v) is 5.17. The van der Waals surface area contributed by atoms with Gasteiger partial charge >= 0.3 is 11.9 Å². The number of nitrogens with zero attached hydrogens (tertiary/aromatic N) is 3. The number of halogens is 4. The van der Waals surface area contributed by atoms with Crippen LogP contribution in [0.25, 0.3) is 0 Å². The van der Waals surface area contributed by atoms with Crippen molar-refractivity contribution >= 4 is 17.3 Å². The summed E-state index contributed by atoms with van der Waals surface area (Å²) >= 11 is 0. The van der Waals surface area contributed by atoms with Crippen LogP contribution in [0.2, 0.25) is 0 Å². The molecule has 1 aromatic carbocycles. The highest BCUT2D eigenvalue weighted by Gasteiger charge is 2.31. The highest BCUT2D eigenvalue weighted by molar-refractivity contribution is 5.90. The van der Waals surface area contributed by atoms with E-state index in [1.54, 1.807) is 0 Å². The molecule has 0 aliphatic carbocycles. The SMILES string of the molecule is Cc1nn(CC(=O)Nc2cc(C(F)(F)F)ccc2F)c(C)c1[N+](=O)[O-]. The van der Waals surface area contributed by atoms with E-state index in [2.05, 4.69) is 5.10 Å². The summed E-state index contributed by atoms with van der Waals surface area (Å²) in [5.74, 6) is -1.92.